The number of halogens is 4. The standard InChI is InChI=1S/C29H26Cl2F2N4O3/c1-27(2,3)20-12-29(20)28(13-34,16-8-7-14(30)11-18(16)32)22(15-5-4-6-17(31)23(15)33)24(37-29)25(38)36-21-10-9-19(35-21)26(39)40/h4-11,20,22,24,35,37H,12H2,1-3H3,(H,36,38)(H,39,40)/t20-,22-,24+,28+,29?/m0/s1. The Labute approximate surface area is 239 Å². The molecule has 2 heterocycles. The van der Waals surface area contributed by atoms with Gasteiger partial charge >= 0.3 is 5.97 Å². The summed E-state index contributed by atoms with van der Waals surface area (Å²) in [5.41, 5.74) is -3.41. The summed E-state index contributed by atoms with van der Waals surface area (Å²) in [6.07, 6.45) is 0.417. The number of aromatic carboxylic acids is 1. The van der Waals surface area contributed by atoms with Crippen molar-refractivity contribution < 1.29 is 23.5 Å². The number of anilines is 1. The van der Waals surface area contributed by atoms with E-state index in [1.54, 1.807) is 0 Å². The van der Waals surface area contributed by atoms with Crippen LogP contribution in [0, 0.1) is 34.3 Å². The fourth-order valence-corrected chi connectivity index (χ4v) is 6.89. The van der Waals surface area contributed by atoms with Crippen molar-refractivity contribution >= 4 is 40.9 Å². The number of carboxylic acids is 1. The lowest BCUT2D eigenvalue weighted by atomic mass is 9.62. The predicted octanol–water partition coefficient (Wildman–Crippen LogP) is 6.26. The maximum Gasteiger partial charge on any atom is 0.352 e. The molecule has 2 aliphatic rings. The smallest absolute Gasteiger partial charge is 0.352 e. The van der Waals surface area contributed by atoms with Gasteiger partial charge in [-0.15, -0.1) is 0 Å². The molecule has 1 saturated heterocycles. The highest BCUT2D eigenvalue weighted by Crippen LogP contribution is 2.70. The molecule has 1 unspecified atom stereocenters. The molecule has 40 heavy (non-hydrogen) atoms. The highest BCUT2D eigenvalue weighted by Gasteiger charge is 2.79. The average Bonchev–Trinajstić information content (AvgIpc) is 3.31. The Morgan fingerprint density at radius 1 is 1.15 bits per heavy atom. The second kappa shape index (κ2) is 9.58. The molecule has 1 aliphatic heterocycles. The molecule has 5 atom stereocenters. The molecule has 11 heteroatoms. The number of hydrogen-bond donors (Lipinski definition) is 4. The Morgan fingerprint density at radius 2 is 1.88 bits per heavy atom. The first-order chi connectivity index (χ1) is 18.8. The molecule has 2 fully saturated rings. The number of nitriles is 1. The molecule has 1 spiro atoms. The molecule has 1 aliphatic carbocycles. The van der Waals surface area contributed by atoms with Gasteiger partial charge in [0.1, 0.15) is 28.6 Å². The van der Waals surface area contributed by atoms with Crippen molar-refractivity contribution in [2.45, 2.75) is 50.1 Å². The first-order valence-corrected chi connectivity index (χ1v) is 13.3. The van der Waals surface area contributed by atoms with Crippen LogP contribution < -0.4 is 10.6 Å². The molecule has 2 aromatic carbocycles. The molecule has 0 bridgehead atoms. The number of nitrogens with one attached hydrogen (secondary N) is 3. The minimum atomic E-state index is -1.75. The van der Waals surface area contributed by atoms with E-state index >= 15 is 8.78 Å². The van der Waals surface area contributed by atoms with Crippen LogP contribution in [0.15, 0.2) is 48.5 Å². The van der Waals surface area contributed by atoms with Gasteiger partial charge in [-0.25, -0.2) is 13.6 Å². The highest BCUT2D eigenvalue weighted by atomic mass is 35.5. The third kappa shape index (κ3) is 4.17. The number of aromatic nitrogens is 1. The van der Waals surface area contributed by atoms with Gasteiger partial charge in [0.25, 0.3) is 0 Å². The Kier molecular flexibility index (Phi) is 6.73. The fourth-order valence-electron chi connectivity index (χ4n) is 6.55. The second-order valence-electron chi connectivity index (χ2n) is 11.5. The number of amides is 1. The van der Waals surface area contributed by atoms with E-state index in [0.717, 1.165) is 6.07 Å². The minimum Gasteiger partial charge on any atom is -0.477 e. The van der Waals surface area contributed by atoms with Crippen LogP contribution in [0.1, 0.15) is 54.7 Å². The summed E-state index contributed by atoms with van der Waals surface area (Å²) in [5.74, 6) is -4.77. The Morgan fingerprint density at radius 3 is 2.45 bits per heavy atom. The largest absolute Gasteiger partial charge is 0.477 e. The Balaban J connectivity index is 1.75. The zero-order valence-corrected chi connectivity index (χ0v) is 23.3. The lowest BCUT2D eigenvalue weighted by Gasteiger charge is -2.37. The summed E-state index contributed by atoms with van der Waals surface area (Å²) >= 11 is 12.2. The van der Waals surface area contributed by atoms with E-state index in [0.29, 0.717) is 6.42 Å². The average molecular weight is 587 g/mol. The summed E-state index contributed by atoms with van der Waals surface area (Å²) in [5, 5.41) is 26.2. The summed E-state index contributed by atoms with van der Waals surface area (Å²) in [6, 6.07) is 12.1. The number of carbonyl (C=O) groups is 2. The van der Waals surface area contributed by atoms with Crippen LogP contribution in [0.3, 0.4) is 0 Å². The maximum absolute atomic E-state index is 15.8. The van der Waals surface area contributed by atoms with E-state index in [2.05, 4.69) is 21.7 Å². The van der Waals surface area contributed by atoms with Gasteiger partial charge in [0.15, 0.2) is 0 Å². The number of aromatic amines is 1. The van der Waals surface area contributed by atoms with Crippen LogP contribution in [0.2, 0.25) is 10.0 Å². The fraction of sp³-hybridized carbons (Fsp3) is 0.345. The van der Waals surface area contributed by atoms with E-state index in [1.807, 2.05) is 20.8 Å². The van der Waals surface area contributed by atoms with Gasteiger partial charge in [-0.3, -0.25) is 10.1 Å². The van der Waals surface area contributed by atoms with E-state index < -0.39 is 46.4 Å². The first-order valence-electron chi connectivity index (χ1n) is 12.6. The van der Waals surface area contributed by atoms with Gasteiger partial charge in [0.05, 0.1) is 17.1 Å². The molecule has 5 rings (SSSR count). The van der Waals surface area contributed by atoms with Gasteiger partial charge in [0.2, 0.25) is 5.91 Å². The Bertz CT molecular complexity index is 1580. The summed E-state index contributed by atoms with van der Waals surface area (Å²) in [6.45, 7) is 5.97. The van der Waals surface area contributed by atoms with Crippen LogP contribution in [-0.2, 0) is 10.2 Å². The van der Waals surface area contributed by atoms with E-state index in [9.17, 15) is 20.0 Å². The number of carboxylic acid groups (broad SMARTS) is 1. The first kappa shape index (κ1) is 28.1. The van der Waals surface area contributed by atoms with Crippen LogP contribution in [0.4, 0.5) is 14.6 Å². The quantitative estimate of drug-likeness (QED) is 0.281. The van der Waals surface area contributed by atoms with Gasteiger partial charge in [-0.2, -0.15) is 5.26 Å². The second-order valence-corrected chi connectivity index (χ2v) is 12.3. The van der Waals surface area contributed by atoms with Crippen LogP contribution in [0.5, 0.6) is 0 Å². The molecule has 3 aromatic rings. The van der Waals surface area contributed by atoms with Crippen molar-refractivity contribution in [3.05, 3.63) is 87.0 Å². The van der Waals surface area contributed by atoms with E-state index in [1.165, 1.54) is 42.5 Å². The molecule has 7 nitrogen and oxygen atoms in total. The maximum atomic E-state index is 15.8. The molecular formula is C29H26Cl2F2N4O3. The van der Waals surface area contributed by atoms with Crippen LogP contribution in [0.25, 0.3) is 0 Å². The Hall–Kier alpha value is -3.45. The summed E-state index contributed by atoms with van der Waals surface area (Å²) in [4.78, 5) is 27.8. The van der Waals surface area contributed by atoms with Crippen LogP contribution in [-0.4, -0.2) is 33.5 Å². The third-order valence-electron chi connectivity index (χ3n) is 8.23. The number of rotatable bonds is 5. The summed E-state index contributed by atoms with van der Waals surface area (Å²) in [7, 11) is 0. The normalized spacial score (nSPS) is 27.4. The van der Waals surface area contributed by atoms with Crippen molar-refractivity contribution in [1.82, 2.24) is 10.3 Å². The van der Waals surface area contributed by atoms with Crippen molar-refractivity contribution in [1.29, 1.82) is 5.26 Å². The zero-order valence-electron chi connectivity index (χ0n) is 21.8. The number of carbonyl (C=O) groups excluding carboxylic acids is 1. The number of benzene rings is 2. The minimum absolute atomic E-state index is 0.00800. The third-order valence-corrected chi connectivity index (χ3v) is 8.76. The van der Waals surface area contributed by atoms with Gasteiger partial charge in [-0.1, -0.05) is 62.2 Å². The molecule has 208 valence electrons. The SMILES string of the molecule is CC(C)(C)[C@@H]1CC12N[C@@H](C(=O)Nc1ccc(C(=O)O)[nH]1)[C@H](c1cccc(Cl)c1F)[C@@]2(C#N)c1ccc(Cl)cc1F. The van der Waals surface area contributed by atoms with Crippen molar-refractivity contribution in [2.75, 3.05) is 5.32 Å². The number of hydrogen-bond acceptors (Lipinski definition) is 4. The lowest BCUT2D eigenvalue weighted by molar-refractivity contribution is -0.118. The molecule has 1 amide bonds. The van der Waals surface area contributed by atoms with Crippen molar-refractivity contribution in [3.8, 4) is 6.07 Å². The molecular weight excluding hydrogens is 561 g/mol. The van der Waals surface area contributed by atoms with E-state index in [4.69, 9.17) is 23.2 Å². The van der Waals surface area contributed by atoms with Gasteiger partial charge < -0.3 is 15.4 Å². The highest BCUT2D eigenvalue weighted by molar-refractivity contribution is 6.31. The molecule has 1 saturated carbocycles. The van der Waals surface area contributed by atoms with Gasteiger partial charge in [-0.05, 0) is 53.6 Å². The van der Waals surface area contributed by atoms with Crippen molar-refractivity contribution in [2.24, 2.45) is 11.3 Å². The van der Waals surface area contributed by atoms with Crippen molar-refractivity contribution in [3.63, 3.8) is 0 Å². The summed E-state index contributed by atoms with van der Waals surface area (Å²) < 4.78 is 31.6. The lowest BCUT2D eigenvalue weighted by Crippen LogP contribution is -2.48. The predicted molar refractivity (Wildman–Crippen MR) is 146 cm³/mol. The van der Waals surface area contributed by atoms with E-state index in [-0.39, 0.29) is 44.0 Å². The molecule has 4 N–H and O–H groups in total. The monoisotopic (exact) mass is 586 g/mol. The van der Waals surface area contributed by atoms with Crippen LogP contribution >= 0.6 is 23.2 Å². The molecule has 0 radical (unpaired) electrons. The number of nitrogens with zero attached hydrogens (tertiary/aromatic N) is 1. The zero-order chi connectivity index (χ0) is 29.2. The van der Waals surface area contributed by atoms with Gasteiger partial charge in [0, 0.05) is 22.0 Å². The molecule has 1 aromatic heterocycles. The topological polar surface area (TPSA) is 118 Å². The number of H-pyrrole nitrogens is 1.